The first-order chi connectivity index (χ1) is 22.6. The van der Waals surface area contributed by atoms with Crippen molar-refractivity contribution in [3.63, 3.8) is 0 Å². The number of hydrogen-bond donors (Lipinski definition) is 5. The maximum atomic E-state index is 15.0. The molecule has 16 nitrogen and oxygen atoms in total. The van der Waals surface area contributed by atoms with E-state index in [9.17, 15) is 22.4 Å². The van der Waals surface area contributed by atoms with E-state index in [1.165, 1.54) is 7.11 Å². The highest BCUT2D eigenvalue weighted by Crippen LogP contribution is 2.26. The van der Waals surface area contributed by atoms with Gasteiger partial charge in [-0.1, -0.05) is 12.8 Å². The highest BCUT2D eigenvalue weighted by Gasteiger charge is 2.36. The molecule has 48 heavy (non-hydrogen) atoms. The molecular weight excluding hydrogens is 647 g/mol. The normalized spacial score (nSPS) is 17.0. The third kappa shape index (κ3) is 12.5. The molecule has 2 aromatic heterocycles. The van der Waals surface area contributed by atoms with Gasteiger partial charge in [-0.25, -0.2) is 22.6 Å². The maximum Gasteiger partial charge on any atom is 0.407 e. The zero-order valence-corrected chi connectivity index (χ0v) is 29.5. The van der Waals surface area contributed by atoms with Gasteiger partial charge in [0.1, 0.15) is 27.8 Å². The van der Waals surface area contributed by atoms with Crippen LogP contribution in [0.1, 0.15) is 59.3 Å². The Morgan fingerprint density at radius 2 is 1.88 bits per heavy atom. The number of imidazole rings is 1. The molecule has 1 aliphatic rings. The van der Waals surface area contributed by atoms with Crippen molar-refractivity contribution < 1.29 is 37.2 Å². The van der Waals surface area contributed by atoms with Crippen LogP contribution in [0.3, 0.4) is 0 Å². The Balaban J connectivity index is 1.58. The van der Waals surface area contributed by atoms with E-state index in [1.807, 2.05) is 26.1 Å². The Labute approximate surface area is 281 Å². The van der Waals surface area contributed by atoms with Crippen molar-refractivity contribution in [2.75, 3.05) is 55.5 Å². The number of halogens is 1. The molecule has 2 aromatic rings. The Hall–Kier alpha value is -4.06. The van der Waals surface area contributed by atoms with Crippen LogP contribution >= 0.6 is 0 Å². The average molecular weight is 698 g/mol. The largest absolute Gasteiger partial charge is 0.480 e. The predicted molar refractivity (Wildman–Crippen MR) is 180 cm³/mol. The molecule has 0 aliphatic carbocycles. The minimum absolute atomic E-state index is 0.0789. The van der Waals surface area contributed by atoms with Crippen molar-refractivity contribution >= 4 is 50.7 Å². The fourth-order valence-corrected chi connectivity index (χ4v) is 5.44. The van der Waals surface area contributed by atoms with Gasteiger partial charge in [0.05, 0.1) is 38.3 Å². The van der Waals surface area contributed by atoms with E-state index < -0.39 is 39.7 Å². The number of alkyl carbamates (subject to hydrolysis) is 1. The molecule has 6 N–H and O–H groups in total. The molecule has 1 saturated heterocycles. The van der Waals surface area contributed by atoms with Crippen LogP contribution in [0.5, 0.6) is 0 Å². The van der Waals surface area contributed by atoms with Gasteiger partial charge in [0.2, 0.25) is 17.8 Å². The number of sulfone groups is 1. The fourth-order valence-electron chi connectivity index (χ4n) is 4.88. The molecule has 3 rings (SSSR count). The molecular formula is C30H50FN10O6S+. The molecule has 268 valence electrons. The zero-order valence-electron chi connectivity index (χ0n) is 28.6. The van der Waals surface area contributed by atoms with E-state index in [0.29, 0.717) is 29.2 Å². The van der Waals surface area contributed by atoms with Crippen molar-refractivity contribution in [2.24, 2.45) is 7.05 Å². The van der Waals surface area contributed by atoms with Crippen LogP contribution in [0.4, 0.5) is 21.0 Å². The summed E-state index contributed by atoms with van der Waals surface area (Å²) in [6, 6.07) is -0.861. The molecule has 1 aliphatic heterocycles. The Kier molecular flexibility index (Phi) is 13.9. The summed E-state index contributed by atoms with van der Waals surface area (Å²) >= 11 is 0. The second-order valence-corrected chi connectivity index (χ2v) is 15.1. The molecule has 1 unspecified atom stereocenters. The molecule has 0 aromatic carbocycles. The first-order valence-corrected chi connectivity index (χ1v) is 18.1. The monoisotopic (exact) mass is 697 g/mol. The summed E-state index contributed by atoms with van der Waals surface area (Å²) in [5, 5.41) is 18.8. The Morgan fingerprint density at radius 1 is 1.17 bits per heavy atom. The number of anilines is 2. The summed E-state index contributed by atoms with van der Waals surface area (Å²) in [6.45, 7) is 6.84. The molecule has 2 amide bonds. The number of nitrogens with two attached hydrogens (primary N) is 1. The van der Waals surface area contributed by atoms with Crippen LogP contribution in [-0.2, 0) is 31.2 Å². The number of amides is 2. The van der Waals surface area contributed by atoms with Gasteiger partial charge >= 0.3 is 6.09 Å². The van der Waals surface area contributed by atoms with Gasteiger partial charge in [0, 0.05) is 32.8 Å². The minimum Gasteiger partial charge on any atom is -0.480 e. The van der Waals surface area contributed by atoms with Crippen molar-refractivity contribution in [3.8, 4) is 0 Å². The number of quaternary nitrogens is 1. The summed E-state index contributed by atoms with van der Waals surface area (Å²) < 4.78 is 49.9. The summed E-state index contributed by atoms with van der Waals surface area (Å²) in [4.78, 5) is 39.2. The van der Waals surface area contributed by atoms with Crippen LogP contribution in [0.25, 0.3) is 11.2 Å². The highest BCUT2D eigenvalue weighted by atomic mass is 32.2. The van der Waals surface area contributed by atoms with Crippen LogP contribution in [0.15, 0.2) is 18.2 Å². The van der Waals surface area contributed by atoms with Gasteiger partial charge in [-0.05, 0) is 40.0 Å². The van der Waals surface area contributed by atoms with E-state index in [0.717, 1.165) is 44.9 Å². The number of ether oxygens (including phenoxy) is 2. The molecule has 0 bridgehead atoms. The maximum absolute atomic E-state index is 15.0. The number of aryl methyl sites for hydroxylation is 1. The second kappa shape index (κ2) is 17.4. The molecule has 0 saturated carbocycles. The van der Waals surface area contributed by atoms with E-state index in [-0.39, 0.29) is 37.1 Å². The summed E-state index contributed by atoms with van der Waals surface area (Å²) in [6.07, 6.45) is 7.13. The lowest BCUT2D eigenvalue weighted by Crippen LogP contribution is -2.78. The van der Waals surface area contributed by atoms with Gasteiger partial charge in [-0.15, -0.1) is 0 Å². The van der Waals surface area contributed by atoms with Crippen LogP contribution in [0.2, 0.25) is 0 Å². The molecule has 3 heterocycles. The third-order valence-corrected chi connectivity index (χ3v) is 8.27. The topological polar surface area (TPSA) is 210 Å². The standard InChI is InChI=1S/C30H49FN10O6S/c1-30(2,3)47-29(43)34-14-11-9-7-8-10-13-33-16-21(25(32)46-5)37-26-24-27(40(4)19-35-24)39-28(38-26)41-17-20(31)22(18-41)36-23(42)12-15-48(6,44)45/h16,19-20,22,32-33H,7-15,17-18H2,1-6H3,(H,34,43)(H,36,42)(H,37,38,39)/p+1/b21-16+,32-25?/t20-,22?/m1/s1. The number of aromatic nitrogens is 4. The smallest absolute Gasteiger partial charge is 0.407 e. The average Bonchev–Trinajstić information content (AvgIpc) is 3.56. The molecule has 2 atom stereocenters. The SMILES string of the molecule is COC(=N)/C(=C\[NH2+]CCCCCCCNC(=O)OC(C)(C)C)Nc1nc(N2CC(NC(=O)CCS(C)(=O)=O)[C@H](F)C2)nc2c1ncn2C. The predicted octanol–water partition coefficient (Wildman–Crippen LogP) is 1.36. The van der Waals surface area contributed by atoms with Gasteiger partial charge in [-0.2, -0.15) is 9.97 Å². The lowest BCUT2D eigenvalue weighted by Gasteiger charge is -2.19. The van der Waals surface area contributed by atoms with E-state index >= 15 is 0 Å². The number of carbonyl (C=O) groups is 2. The van der Waals surface area contributed by atoms with E-state index in [4.69, 9.17) is 14.9 Å². The van der Waals surface area contributed by atoms with Crippen LogP contribution in [0, 0.1) is 5.41 Å². The lowest BCUT2D eigenvalue weighted by atomic mass is 10.1. The van der Waals surface area contributed by atoms with Gasteiger partial charge < -0.3 is 40.2 Å². The highest BCUT2D eigenvalue weighted by molar-refractivity contribution is 7.90. The number of alkyl halides is 1. The summed E-state index contributed by atoms with van der Waals surface area (Å²) in [5.74, 6) is -0.473. The minimum atomic E-state index is -3.33. The number of carbonyl (C=O) groups excluding carboxylic acids is 2. The number of methoxy groups -OCH3 is 1. The molecule has 0 spiro atoms. The Morgan fingerprint density at radius 3 is 2.56 bits per heavy atom. The number of rotatable bonds is 17. The van der Waals surface area contributed by atoms with E-state index in [2.05, 4.69) is 30.9 Å². The first-order valence-electron chi connectivity index (χ1n) is 16.0. The van der Waals surface area contributed by atoms with E-state index in [1.54, 1.807) is 29.0 Å². The Bertz CT molecular complexity index is 1560. The number of nitrogens with zero attached hydrogens (tertiary/aromatic N) is 5. The number of nitrogens with one attached hydrogen (secondary N) is 4. The first kappa shape index (κ1) is 38.4. The second-order valence-electron chi connectivity index (χ2n) is 12.8. The van der Waals surface area contributed by atoms with Gasteiger partial charge in [0.15, 0.2) is 22.7 Å². The van der Waals surface area contributed by atoms with Crippen molar-refractivity contribution in [1.29, 1.82) is 5.41 Å². The summed E-state index contributed by atoms with van der Waals surface area (Å²) in [7, 11) is -0.166. The van der Waals surface area contributed by atoms with Gasteiger partial charge in [0.25, 0.3) is 0 Å². The molecule has 1 fully saturated rings. The number of hydrogen-bond acceptors (Lipinski definition) is 12. The zero-order chi connectivity index (χ0) is 35.5. The van der Waals surface area contributed by atoms with Crippen molar-refractivity contribution in [2.45, 2.75) is 77.1 Å². The van der Waals surface area contributed by atoms with Gasteiger partial charge in [-0.3, -0.25) is 10.2 Å². The van der Waals surface area contributed by atoms with Crippen LogP contribution < -0.4 is 26.2 Å². The number of unbranched alkanes of at least 4 members (excludes halogenated alkanes) is 4. The third-order valence-electron chi connectivity index (χ3n) is 7.33. The van der Waals surface area contributed by atoms with Crippen molar-refractivity contribution in [1.82, 2.24) is 30.2 Å². The fraction of sp³-hybridized carbons (Fsp3) is 0.667. The number of fused-ring (bicyclic) bond motifs is 1. The van der Waals surface area contributed by atoms with Crippen LogP contribution in [-0.4, -0.2) is 109 Å². The summed E-state index contributed by atoms with van der Waals surface area (Å²) in [5.41, 5.74) is 0.759. The lowest BCUT2D eigenvalue weighted by molar-refractivity contribution is -0.588. The molecule has 18 heteroatoms. The van der Waals surface area contributed by atoms with Crippen molar-refractivity contribution in [3.05, 3.63) is 18.2 Å². The molecule has 0 radical (unpaired) electrons. The quantitative estimate of drug-likeness (QED) is 0.0905.